The predicted molar refractivity (Wildman–Crippen MR) is 185 cm³/mol. The molecule has 0 aliphatic carbocycles. The van der Waals surface area contributed by atoms with Crippen LogP contribution in [0.15, 0.2) is 0 Å². The number of amides is 2. The monoisotopic (exact) mass is 683 g/mol. The lowest BCUT2D eigenvalue weighted by atomic mass is 9.48. The van der Waals surface area contributed by atoms with Gasteiger partial charge >= 0.3 is 5.97 Å². The number of hydrogen-bond acceptors (Lipinski definition) is 10. The van der Waals surface area contributed by atoms with Crippen molar-refractivity contribution in [2.24, 2.45) is 28.8 Å². The molecule has 0 aromatic heterocycles. The number of aliphatic carboxylic acids is 1. The van der Waals surface area contributed by atoms with Crippen LogP contribution in [0.2, 0.25) is 0 Å². The van der Waals surface area contributed by atoms with E-state index < -0.39 is 52.4 Å². The lowest BCUT2D eigenvalue weighted by Crippen LogP contribution is -3.00. The highest BCUT2D eigenvalue weighted by molar-refractivity contribution is 6.12. The number of nitrogens with two attached hydrogens (primary N) is 2. The number of hydrazine groups is 1. The Labute approximate surface area is 288 Å². The number of nitrogens with zero attached hydrogens (tertiary/aromatic N) is 3. The molecule has 0 saturated carbocycles. The van der Waals surface area contributed by atoms with Gasteiger partial charge in [0.05, 0.1) is 11.2 Å². The third kappa shape index (κ3) is 9.92. The van der Waals surface area contributed by atoms with Gasteiger partial charge in [0.25, 0.3) is 0 Å². The summed E-state index contributed by atoms with van der Waals surface area (Å²) in [5.41, 5.74) is -0.649. The maximum atomic E-state index is 14.3. The van der Waals surface area contributed by atoms with Gasteiger partial charge in [-0.25, -0.2) is 9.80 Å². The van der Waals surface area contributed by atoms with Crippen molar-refractivity contribution in [3.8, 4) is 0 Å². The lowest BCUT2D eigenvalue weighted by molar-refractivity contribution is -0.288. The summed E-state index contributed by atoms with van der Waals surface area (Å²) in [4.78, 5) is 82.4. The number of likely N-dealkylation sites (N-methyl/N-ethyl adjacent to an activating group) is 1. The first-order chi connectivity index (χ1) is 21.6. The summed E-state index contributed by atoms with van der Waals surface area (Å²) in [6, 6.07) is 0. The van der Waals surface area contributed by atoms with Gasteiger partial charge in [0.1, 0.15) is 17.0 Å². The Balaban J connectivity index is 0.00000213. The Kier molecular flexibility index (Phi) is 16.3. The molecule has 0 aromatic rings. The standard InChI is InChI=1S/C27H47N5O7.C8H18O/c1-9-18(5)15-21(35)25(16-19(33)12-14-23(37)30(6)7)26(28,20(34)13-11-17(3)4)32(22(36)10-2)27(25,24(38)39)31(8)29;1-7(2,3)9-8(4,5)6/h17-18H,9-16,28-29H2,1-8H3,(H,38,39);1-6H3. The minimum atomic E-state index is -2.60. The summed E-state index contributed by atoms with van der Waals surface area (Å²) >= 11 is 0. The molecule has 1 saturated heterocycles. The van der Waals surface area contributed by atoms with Crippen LogP contribution in [-0.4, -0.2) is 98.7 Å². The maximum absolute atomic E-state index is 14.3. The fraction of sp³-hybridized carbons (Fsp3) is 0.829. The summed E-state index contributed by atoms with van der Waals surface area (Å²) in [5, 5.41) is 11.4. The van der Waals surface area contributed by atoms with Crippen LogP contribution < -0.4 is 11.6 Å². The molecule has 2 amide bonds. The van der Waals surface area contributed by atoms with Gasteiger partial charge in [-0.3, -0.25) is 34.7 Å². The molecule has 4 unspecified atom stereocenters. The van der Waals surface area contributed by atoms with Gasteiger partial charge in [-0.15, -0.1) is 0 Å². The lowest BCUT2D eigenvalue weighted by Gasteiger charge is -2.73. The highest BCUT2D eigenvalue weighted by Gasteiger charge is 2.88. The smallest absolute Gasteiger partial charge is 0.347 e. The molecule has 1 rings (SSSR count). The molecule has 1 fully saturated rings. The maximum Gasteiger partial charge on any atom is 0.347 e. The second-order valence-electron chi connectivity index (χ2n) is 15.7. The first kappa shape index (κ1) is 45.3. The Hall–Kier alpha value is -2.74. The first-order valence-corrected chi connectivity index (χ1v) is 17.0. The molecule has 1 aliphatic rings. The van der Waals surface area contributed by atoms with E-state index in [1.54, 1.807) is 6.92 Å². The van der Waals surface area contributed by atoms with Gasteiger partial charge in [-0.2, -0.15) is 0 Å². The number of Topliss-reactive ketones (excluding diaryl/α,β-unsaturated/α-hetero) is 3. The molecule has 1 heterocycles. The number of carboxylic acid groups (broad SMARTS) is 1. The third-order valence-corrected chi connectivity index (χ3v) is 8.55. The Morgan fingerprint density at radius 2 is 1.35 bits per heavy atom. The zero-order valence-corrected chi connectivity index (χ0v) is 32.1. The average Bonchev–Trinajstić information content (AvgIpc) is 2.92. The van der Waals surface area contributed by atoms with E-state index in [9.17, 15) is 33.9 Å². The van der Waals surface area contributed by atoms with Gasteiger partial charge in [0, 0.05) is 59.7 Å². The number of carbonyl (C=O) groups is 6. The second kappa shape index (κ2) is 17.3. The summed E-state index contributed by atoms with van der Waals surface area (Å²) < 4.78 is 5.62. The van der Waals surface area contributed by atoms with Crippen LogP contribution in [0.3, 0.4) is 0 Å². The number of ketones is 3. The third-order valence-electron chi connectivity index (χ3n) is 8.55. The summed E-state index contributed by atoms with van der Waals surface area (Å²) in [6.07, 6.45) is -0.888. The normalized spacial score (nSPS) is 23.2. The largest absolute Gasteiger partial charge is 0.478 e. The Morgan fingerprint density at radius 1 is 0.854 bits per heavy atom. The van der Waals surface area contributed by atoms with E-state index in [0.717, 1.165) is 0 Å². The molecule has 0 radical (unpaired) electrons. The van der Waals surface area contributed by atoms with Crippen molar-refractivity contribution in [3.05, 3.63) is 0 Å². The molecule has 13 nitrogen and oxygen atoms in total. The van der Waals surface area contributed by atoms with Crippen molar-refractivity contribution in [1.82, 2.24) is 14.8 Å². The molecule has 13 heteroatoms. The molecular formula is C35H65N5O8. The number of rotatable bonds is 16. The number of hydrogen-bond donors (Lipinski definition) is 3. The van der Waals surface area contributed by atoms with Crippen LogP contribution in [0.25, 0.3) is 0 Å². The molecule has 0 bridgehead atoms. The number of likely N-dealkylation sites (tertiary alicyclic amines) is 1. The summed E-state index contributed by atoms with van der Waals surface area (Å²) in [7, 11) is 4.23. The van der Waals surface area contributed by atoms with Crippen molar-refractivity contribution in [2.75, 3.05) is 21.1 Å². The van der Waals surface area contributed by atoms with E-state index in [1.165, 1.54) is 33.0 Å². The van der Waals surface area contributed by atoms with Crippen LogP contribution in [0.1, 0.15) is 128 Å². The van der Waals surface area contributed by atoms with Crippen molar-refractivity contribution in [1.29, 1.82) is 0 Å². The van der Waals surface area contributed by atoms with E-state index in [2.05, 4.69) is 41.5 Å². The van der Waals surface area contributed by atoms with Crippen LogP contribution in [-0.2, 0) is 33.5 Å². The van der Waals surface area contributed by atoms with Crippen LogP contribution in [0, 0.1) is 17.3 Å². The molecule has 278 valence electrons. The summed E-state index contributed by atoms with van der Waals surface area (Å²) in [6.45, 7) is 21.3. The minimum absolute atomic E-state index is 0.0156. The minimum Gasteiger partial charge on any atom is -0.478 e. The fourth-order valence-electron chi connectivity index (χ4n) is 6.42. The van der Waals surface area contributed by atoms with Crippen molar-refractivity contribution in [3.63, 3.8) is 0 Å². The molecule has 0 spiro atoms. The topological polar surface area (TPSA) is 194 Å². The predicted octanol–water partition coefficient (Wildman–Crippen LogP) is 3.90. The molecule has 1 aliphatic heterocycles. The Bertz CT molecular complexity index is 1160. The number of carbonyl (C=O) groups excluding carboxylic acids is 5. The average molecular weight is 684 g/mol. The molecular weight excluding hydrogens is 618 g/mol. The van der Waals surface area contributed by atoms with E-state index in [4.69, 9.17) is 16.3 Å². The SMILES string of the molecule is CC(C)(C)OC(C)(C)C.CCC(=O)N1C(N)(C(=O)CCC(C)C)C(CC(=O)CCC(=O)N(C)C)(C(=O)CC(C)CC)C1(C(=O)O)N(C)N. The van der Waals surface area contributed by atoms with Gasteiger partial charge < -0.3 is 20.5 Å². The van der Waals surface area contributed by atoms with Crippen molar-refractivity contribution < 1.29 is 38.6 Å². The molecule has 4 atom stereocenters. The molecule has 5 N–H and O–H groups in total. The van der Waals surface area contributed by atoms with E-state index in [-0.39, 0.29) is 61.0 Å². The van der Waals surface area contributed by atoms with Crippen LogP contribution in [0.4, 0.5) is 0 Å². The number of ether oxygens (including phenoxy) is 1. The van der Waals surface area contributed by atoms with Crippen LogP contribution >= 0.6 is 0 Å². The van der Waals surface area contributed by atoms with Gasteiger partial charge in [-0.1, -0.05) is 41.0 Å². The highest BCUT2D eigenvalue weighted by Crippen LogP contribution is 2.62. The highest BCUT2D eigenvalue weighted by atomic mass is 16.5. The zero-order valence-electron chi connectivity index (χ0n) is 32.1. The Morgan fingerprint density at radius 3 is 1.69 bits per heavy atom. The van der Waals surface area contributed by atoms with E-state index >= 15 is 0 Å². The second-order valence-corrected chi connectivity index (χ2v) is 15.7. The number of carboxylic acids is 1. The van der Waals surface area contributed by atoms with Crippen LogP contribution in [0.5, 0.6) is 0 Å². The zero-order chi connectivity index (χ0) is 38.2. The van der Waals surface area contributed by atoms with Gasteiger partial charge in [0.15, 0.2) is 11.4 Å². The summed E-state index contributed by atoms with van der Waals surface area (Å²) in [5.74, 6) is 1.08. The fourth-order valence-corrected chi connectivity index (χ4v) is 6.42. The van der Waals surface area contributed by atoms with Gasteiger partial charge in [0.2, 0.25) is 17.5 Å². The van der Waals surface area contributed by atoms with E-state index in [0.29, 0.717) is 22.8 Å². The van der Waals surface area contributed by atoms with Gasteiger partial charge in [-0.05, 0) is 59.8 Å². The quantitative estimate of drug-likeness (QED) is 0.158. The molecule has 0 aromatic carbocycles. The van der Waals surface area contributed by atoms with Crippen molar-refractivity contribution >= 4 is 35.1 Å². The van der Waals surface area contributed by atoms with E-state index in [1.807, 2.05) is 20.8 Å². The van der Waals surface area contributed by atoms with Crippen molar-refractivity contribution in [2.45, 2.75) is 150 Å². The first-order valence-electron chi connectivity index (χ1n) is 17.0. The molecule has 48 heavy (non-hydrogen) atoms.